The van der Waals surface area contributed by atoms with Crippen LogP contribution in [0.1, 0.15) is 0 Å². The van der Waals surface area contributed by atoms with Crippen molar-refractivity contribution in [3.05, 3.63) is 30.5 Å². The van der Waals surface area contributed by atoms with Crippen molar-refractivity contribution >= 4 is 23.4 Å². The monoisotopic (exact) mass is 245 g/mol. The quantitative estimate of drug-likeness (QED) is 0.837. The van der Waals surface area contributed by atoms with Crippen LogP contribution in [-0.4, -0.2) is 21.4 Å². The van der Waals surface area contributed by atoms with Crippen molar-refractivity contribution in [1.82, 2.24) is 9.78 Å². The maximum atomic E-state index is 11.3. The lowest BCUT2D eigenvalue weighted by molar-refractivity contribution is -0.113. The fourth-order valence-corrected chi connectivity index (χ4v) is 2.69. The first-order valence-corrected chi connectivity index (χ1v) is 6.28. The lowest BCUT2D eigenvalue weighted by Gasteiger charge is -2.17. The molecule has 2 aromatic rings. The summed E-state index contributed by atoms with van der Waals surface area (Å²) in [5, 5.41) is 7.04. The molecule has 0 saturated heterocycles. The molecule has 1 aliphatic rings. The molecule has 86 valence electrons. The van der Waals surface area contributed by atoms with Crippen LogP contribution >= 0.6 is 11.8 Å². The van der Waals surface area contributed by atoms with Crippen molar-refractivity contribution in [3.8, 4) is 11.3 Å². The third kappa shape index (κ3) is 1.82. The summed E-state index contributed by atoms with van der Waals surface area (Å²) in [6.07, 6.45) is 1.77. The summed E-state index contributed by atoms with van der Waals surface area (Å²) in [5.41, 5.74) is 2.99. The zero-order valence-corrected chi connectivity index (χ0v) is 10.1. The minimum atomic E-state index is 0.0599. The summed E-state index contributed by atoms with van der Waals surface area (Å²) in [6.45, 7) is 0. The number of aryl methyl sites for hydroxylation is 1. The van der Waals surface area contributed by atoms with Crippen LogP contribution in [0.4, 0.5) is 5.69 Å². The Morgan fingerprint density at radius 2 is 2.29 bits per heavy atom. The van der Waals surface area contributed by atoms with E-state index < -0.39 is 0 Å². The van der Waals surface area contributed by atoms with Crippen LogP contribution in [0, 0.1) is 0 Å². The Labute approximate surface area is 103 Å². The molecular formula is C12H11N3OS. The van der Waals surface area contributed by atoms with Crippen LogP contribution in [0.15, 0.2) is 35.4 Å². The Kier molecular flexibility index (Phi) is 2.40. The van der Waals surface area contributed by atoms with E-state index >= 15 is 0 Å². The van der Waals surface area contributed by atoms with E-state index in [2.05, 4.69) is 16.5 Å². The molecule has 0 aliphatic carbocycles. The largest absolute Gasteiger partial charge is 0.324 e. The van der Waals surface area contributed by atoms with Crippen molar-refractivity contribution in [2.24, 2.45) is 7.05 Å². The third-order valence-electron chi connectivity index (χ3n) is 2.73. The van der Waals surface area contributed by atoms with Gasteiger partial charge in [-0.15, -0.1) is 11.8 Å². The van der Waals surface area contributed by atoms with E-state index in [1.807, 2.05) is 29.9 Å². The van der Waals surface area contributed by atoms with Gasteiger partial charge in [0.25, 0.3) is 0 Å². The van der Waals surface area contributed by atoms with Gasteiger partial charge in [0.2, 0.25) is 5.91 Å². The van der Waals surface area contributed by atoms with E-state index in [-0.39, 0.29) is 5.91 Å². The number of benzene rings is 1. The summed E-state index contributed by atoms with van der Waals surface area (Å²) >= 11 is 1.57. The van der Waals surface area contributed by atoms with Gasteiger partial charge in [0.05, 0.1) is 17.1 Å². The van der Waals surface area contributed by atoms with Gasteiger partial charge in [-0.2, -0.15) is 5.10 Å². The number of nitrogens with zero attached hydrogens (tertiary/aromatic N) is 2. The van der Waals surface area contributed by atoms with Gasteiger partial charge in [-0.1, -0.05) is 6.07 Å². The standard InChI is InChI=1S/C12H11N3OS/c1-15-10(4-5-13-15)8-2-3-11-9(6-8)14-12(16)7-17-11/h2-6H,7H2,1H3,(H,14,16). The molecule has 17 heavy (non-hydrogen) atoms. The second-order valence-electron chi connectivity index (χ2n) is 3.89. The first kappa shape index (κ1) is 10.4. The Morgan fingerprint density at radius 3 is 3.06 bits per heavy atom. The van der Waals surface area contributed by atoms with E-state index in [0.717, 1.165) is 21.8 Å². The molecule has 2 heterocycles. The van der Waals surface area contributed by atoms with Crippen LogP contribution < -0.4 is 5.32 Å². The number of anilines is 1. The van der Waals surface area contributed by atoms with Crippen molar-refractivity contribution in [1.29, 1.82) is 0 Å². The van der Waals surface area contributed by atoms with Crippen molar-refractivity contribution in [2.45, 2.75) is 4.90 Å². The predicted octanol–water partition coefficient (Wildman–Crippen LogP) is 2.13. The molecule has 0 atom stereocenters. The number of amides is 1. The number of fused-ring (bicyclic) bond motifs is 1. The van der Waals surface area contributed by atoms with Gasteiger partial charge in [0.15, 0.2) is 0 Å². The minimum absolute atomic E-state index is 0.0599. The molecule has 5 heteroatoms. The van der Waals surface area contributed by atoms with E-state index in [9.17, 15) is 4.79 Å². The van der Waals surface area contributed by atoms with Gasteiger partial charge in [-0.25, -0.2) is 0 Å². The first-order valence-electron chi connectivity index (χ1n) is 5.29. The fourth-order valence-electron chi connectivity index (χ4n) is 1.90. The minimum Gasteiger partial charge on any atom is -0.324 e. The lowest BCUT2D eigenvalue weighted by atomic mass is 10.1. The molecule has 1 amide bonds. The number of hydrogen-bond acceptors (Lipinski definition) is 3. The lowest BCUT2D eigenvalue weighted by Crippen LogP contribution is -2.18. The summed E-state index contributed by atoms with van der Waals surface area (Å²) in [6, 6.07) is 8.05. The van der Waals surface area contributed by atoms with E-state index in [1.54, 1.807) is 18.0 Å². The molecule has 3 rings (SSSR count). The third-order valence-corrected chi connectivity index (χ3v) is 3.80. The van der Waals surface area contributed by atoms with Gasteiger partial charge in [-0.3, -0.25) is 9.48 Å². The average Bonchev–Trinajstić information content (AvgIpc) is 2.74. The molecule has 4 nitrogen and oxygen atoms in total. The molecule has 1 aromatic heterocycles. The molecule has 0 unspecified atom stereocenters. The highest BCUT2D eigenvalue weighted by molar-refractivity contribution is 8.00. The number of carbonyl (C=O) groups is 1. The number of thioether (sulfide) groups is 1. The molecule has 1 aliphatic heterocycles. The summed E-state index contributed by atoms with van der Waals surface area (Å²) in [7, 11) is 1.90. The van der Waals surface area contributed by atoms with Gasteiger partial charge in [-0.05, 0) is 18.2 Å². The van der Waals surface area contributed by atoms with Crippen molar-refractivity contribution < 1.29 is 4.79 Å². The first-order chi connectivity index (χ1) is 8.24. The molecule has 0 radical (unpaired) electrons. The predicted molar refractivity (Wildman–Crippen MR) is 68.0 cm³/mol. The molecule has 1 N–H and O–H groups in total. The van der Waals surface area contributed by atoms with Gasteiger partial charge in [0.1, 0.15) is 0 Å². The van der Waals surface area contributed by atoms with Gasteiger partial charge in [0, 0.05) is 23.7 Å². The van der Waals surface area contributed by atoms with E-state index in [4.69, 9.17) is 0 Å². The Morgan fingerprint density at radius 1 is 1.41 bits per heavy atom. The number of carbonyl (C=O) groups excluding carboxylic acids is 1. The highest BCUT2D eigenvalue weighted by Crippen LogP contribution is 2.34. The van der Waals surface area contributed by atoms with Crippen molar-refractivity contribution in [2.75, 3.05) is 11.1 Å². The highest BCUT2D eigenvalue weighted by atomic mass is 32.2. The number of hydrogen-bond donors (Lipinski definition) is 1. The SMILES string of the molecule is Cn1nccc1-c1ccc2c(c1)NC(=O)CS2. The van der Waals surface area contributed by atoms with E-state index in [1.165, 1.54) is 0 Å². The topological polar surface area (TPSA) is 46.9 Å². The Bertz CT molecular complexity index is 591. The van der Waals surface area contributed by atoms with Crippen LogP contribution in [-0.2, 0) is 11.8 Å². The number of aromatic nitrogens is 2. The van der Waals surface area contributed by atoms with Crippen molar-refractivity contribution in [3.63, 3.8) is 0 Å². The summed E-state index contributed by atoms with van der Waals surface area (Å²) < 4.78 is 1.82. The molecule has 0 saturated carbocycles. The number of rotatable bonds is 1. The van der Waals surface area contributed by atoms with Crippen LogP contribution in [0.3, 0.4) is 0 Å². The van der Waals surface area contributed by atoms with Gasteiger partial charge >= 0.3 is 0 Å². The smallest absolute Gasteiger partial charge is 0.234 e. The van der Waals surface area contributed by atoms with E-state index in [0.29, 0.717) is 5.75 Å². The Hall–Kier alpha value is -1.75. The zero-order chi connectivity index (χ0) is 11.8. The average molecular weight is 245 g/mol. The number of nitrogens with one attached hydrogen (secondary N) is 1. The highest BCUT2D eigenvalue weighted by Gasteiger charge is 2.16. The maximum Gasteiger partial charge on any atom is 0.234 e. The Balaban J connectivity index is 2.06. The fraction of sp³-hybridized carbons (Fsp3) is 0.167. The second-order valence-corrected chi connectivity index (χ2v) is 4.91. The normalized spacial score (nSPS) is 14.3. The van der Waals surface area contributed by atoms with Crippen LogP contribution in [0.25, 0.3) is 11.3 Å². The van der Waals surface area contributed by atoms with Crippen LogP contribution in [0.2, 0.25) is 0 Å². The molecular weight excluding hydrogens is 234 g/mol. The van der Waals surface area contributed by atoms with Gasteiger partial charge < -0.3 is 5.32 Å². The molecule has 0 fully saturated rings. The van der Waals surface area contributed by atoms with Crippen LogP contribution in [0.5, 0.6) is 0 Å². The molecule has 0 spiro atoms. The molecule has 0 bridgehead atoms. The zero-order valence-electron chi connectivity index (χ0n) is 9.30. The summed E-state index contributed by atoms with van der Waals surface area (Å²) in [4.78, 5) is 12.5. The maximum absolute atomic E-state index is 11.3. The summed E-state index contributed by atoms with van der Waals surface area (Å²) in [5.74, 6) is 0.558. The second kappa shape index (κ2) is 3.92. The molecule has 1 aromatic carbocycles.